The lowest BCUT2D eigenvalue weighted by Gasteiger charge is -2.36. The van der Waals surface area contributed by atoms with E-state index in [0.717, 1.165) is 45.1 Å². The van der Waals surface area contributed by atoms with Crippen molar-refractivity contribution in [3.63, 3.8) is 0 Å². The summed E-state index contributed by atoms with van der Waals surface area (Å²) in [5.74, 6) is 1.65. The summed E-state index contributed by atoms with van der Waals surface area (Å²) in [5, 5.41) is 0. The van der Waals surface area contributed by atoms with E-state index >= 15 is 0 Å². The zero-order valence-electron chi connectivity index (χ0n) is 16.1. The minimum atomic E-state index is -0.0317. The molecule has 0 spiro atoms. The summed E-state index contributed by atoms with van der Waals surface area (Å²) in [5.41, 5.74) is 9.33. The molecule has 2 aliphatic heterocycles. The fraction of sp³-hybridized carbons (Fsp3) is 0.667. The molecular formula is C21H32N4O. The first-order valence-corrected chi connectivity index (χ1v) is 10.2. The van der Waals surface area contributed by atoms with Gasteiger partial charge >= 0.3 is 0 Å². The third kappa shape index (κ3) is 4.11. The Bertz CT molecular complexity index is 617. The molecule has 3 fully saturated rings. The Morgan fingerprint density at radius 3 is 2.38 bits per heavy atom. The van der Waals surface area contributed by atoms with Crippen molar-refractivity contribution in [3.8, 4) is 0 Å². The van der Waals surface area contributed by atoms with Gasteiger partial charge in [0.1, 0.15) is 6.04 Å². The number of nitrogens with one attached hydrogen (secondary N) is 2. The Kier molecular flexibility index (Phi) is 5.30. The summed E-state index contributed by atoms with van der Waals surface area (Å²) in [6.45, 7) is 9.05. The number of hydrogen-bond acceptors (Lipinski definition) is 4. The largest absolute Gasteiger partial charge is 0.339 e. The molecule has 2 unspecified atom stereocenters. The SMILES string of the molecule is CC(C)c1ccc(CN2CCN(C(=O)C3CC(C4CC4)NN3)CC2)cc1. The lowest BCUT2D eigenvalue weighted by Crippen LogP contribution is -2.53. The summed E-state index contributed by atoms with van der Waals surface area (Å²) >= 11 is 0. The van der Waals surface area contributed by atoms with Gasteiger partial charge in [0.15, 0.2) is 0 Å². The fourth-order valence-corrected chi connectivity index (χ4v) is 4.16. The molecule has 1 aromatic rings. The molecule has 1 aliphatic carbocycles. The topological polar surface area (TPSA) is 47.6 Å². The van der Waals surface area contributed by atoms with Gasteiger partial charge in [-0.15, -0.1) is 0 Å². The van der Waals surface area contributed by atoms with Crippen molar-refractivity contribution in [2.45, 2.75) is 57.7 Å². The van der Waals surface area contributed by atoms with Crippen LogP contribution in [0.15, 0.2) is 24.3 Å². The van der Waals surface area contributed by atoms with Gasteiger partial charge in [0.05, 0.1) is 0 Å². The quantitative estimate of drug-likeness (QED) is 0.848. The van der Waals surface area contributed by atoms with Gasteiger partial charge in [-0.3, -0.25) is 15.1 Å². The van der Waals surface area contributed by atoms with E-state index in [4.69, 9.17) is 0 Å². The lowest BCUT2D eigenvalue weighted by molar-refractivity contribution is -0.135. The second kappa shape index (κ2) is 7.67. The van der Waals surface area contributed by atoms with Gasteiger partial charge in [-0.2, -0.15) is 0 Å². The van der Waals surface area contributed by atoms with Crippen molar-refractivity contribution < 1.29 is 4.79 Å². The van der Waals surface area contributed by atoms with Crippen LogP contribution in [0.1, 0.15) is 50.2 Å². The number of piperazine rings is 1. The minimum absolute atomic E-state index is 0.0317. The average molecular weight is 357 g/mol. The first kappa shape index (κ1) is 18.0. The van der Waals surface area contributed by atoms with E-state index in [2.05, 4.69) is 53.9 Å². The zero-order valence-corrected chi connectivity index (χ0v) is 16.1. The predicted octanol–water partition coefficient (Wildman–Crippen LogP) is 2.10. The van der Waals surface area contributed by atoms with Crippen LogP contribution in [0.4, 0.5) is 0 Å². The first-order valence-electron chi connectivity index (χ1n) is 10.2. The molecular weight excluding hydrogens is 324 g/mol. The third-order valence-electron chi connectivity index (χ3n) is 6.16. The Morgan fingerprint density at radius 1 is 1.08 bits per heavy atom. The predicted molar refractivity (Wildman–Crippen MR) is 104 cm³/mol. The molecule has 5 heteroatoms. The maximum atomic E-state index is 12.8. The molecule has 26 heavy (non-hydrogen) atoms. The van der Waals surface area contributed by atoms with Gasteiger partial charge in [-0.05, 0) is 42.2 Å². The van der Waals surface area contributed by atoms with Crippen LogP contribution in [0, 0.1) is 5.92 Å². The van der Waals surface area contributed by atoms with Gasteiger partial charge < -0.3 is 4.90 Å². The van der Waals surface area contributed by atoms with E-state index in [-0.39, 0.29) is 11.9 Å². The van der Waals surface area contributed by atoms with E-state index in [1.54, 1.807) is 0 Å². The minimum Gasteiger partial charge on any atom is -0.339 e. The van der Waals surface area contributed by atoms with Crippen LogP contribution in [0.2, 0.25) is 0 Å². The molecule has 3 aliphatic rings. The number of hydrazine groups is 1. The fourth-order valence-electron chi connectivity index (χ4n) is 4.16. The van der Waals surface area contributed by atoms with E-state index in [0.29, 0.717) is 12.0 Å². The van der Waals surface area contributed by atoms with Gasteiger partial charge in [0, 0.05) is 38.8 Å². The van der Waals surface area contributed by atoms with Gasteiger partial charge in [-0.25, -0.2) is 5.43 Å². The van der Waals surface area contributed by atoms with Crippen LogP contribution in [0.3, 0.4) is 0 Å². The number of amides is 1. The zero-order chi connectivity index (χ0) is 18.1. The van der Waals surface area contributed by atoms with E-state index in [1.807, 2.05) is 4.90 Å². The molecule has 2 heterocycles. The standard InChI is InChI=1S/C21H32N4O/c1-15(2)17-5-3-16(4-6-17)14-24-9-11-25(12-10-24)21(26)20-13-19(22-23-20)18-7-8-18/h3-6,15,18-20,22-23H,7-14H2,1-2H3. The Labute approximate surface area is 157 Å². The Hall–Kier alpha value is -1.43. The molecule has 4 rings (SSSR count). The Balaban J connectivity index is 1.24. The normalized spacial score (nSPS) is 27.3. The highest BCUT2D eigenvalue weighted by Gasteiger charge is 2.40. The number of rotatable bonds is 5. The highest BCUT2D eigenvalue weighted by Crippen LogP contribution is 2.35. The van der Waals surface area contributed by atoms with Crippen LogP contribution in [-0.2, 0) is 11.3 Å². The van der Waals surface area contributed by atoms with Crippen LogP contribution in [0.25, 0.3) is 0 Å². The average Bonchev–Trinajstić information content (AvgIpc) is 3.39. The van der Waals surface area contributed by atoms with Crippen molar-refractivity contribution in [1.82, 2.24) is 20.7 Å². The van der Waals surface area contributed by atoms with Gasteiger partial charge in [0.2, 0.25) is 5.91 Å². The van der Waals surface area contributed by atoms with Crippen molar-refractivity contribution >= 4 is 5.91 Å². The third-order valence-corrected chi connectivity index (χ3v) is 6.16. The molecule has 0 radical (unpaired) electrons. The molecule has 142 valence electrons. The second-order valence-electron chi connectivity index (χ2n) is 8.52. The highest BCUT2D eigenvalue weighted by molar-refractivity contribution is 5.82. The molecule has 5 nitrogen and oxygen atoms in total. The van der Waals surface area contributed by atoms with E-state index < -0.39 is 0 Å². The lowest BCUT2D eigenvalue weighted by atomic mass is 10.0. The van der Waals surface area contributed by atoms with Crippen molar-refractivity contribution in [1.29, 1.82) is 0 Å². The molecule has 2 N–H and O–H groups in total. The number of carbonyl (C=O) groups excluding carboxylic acids is 1. The summed E-state index contributed by atoms with van der Waals surface area (Å²) < 4.78 is 0. The first-order chi connectivity index (χ1) is 12.6. The van der Waals surface area contributed by atoms with Crippen LogP contribution in [0.5, 0.6) is 0 Å². The molecule has 2 saturated heterocycles. The van der Waals surface area contributed by atoms with E-state index in [1.165, 1.54) is 24.0 Å². The number of nitrogens with zero attached hydrogens (tertiary/aromatic N) is 2. The summed E-state index contributed by atoms with van der Waals surface area (Å²) in [4.78, 5) is 17.3. The molecule has 1 aromatic carbocycles. The second-order valence-corrected chi connectivity index (χ2v) is 8.52. The monoisotopic (exact) mass is 356 g/mol. The van der Waals surface area contributed by atoms with Crippen LogP contribution in [-0.4, -0.2) is 54.0 Å². The summed E-state index contributed by atoms with van der Waals surface area (Å²) in [6, 6.07) is 9.46. The number of hydrogen-bond donors (Lipinski definition) is 2. The molecule has 1 saturated carbocycles. The smallest absolute Gasteiger partial charge is 0.241 e. The molecule has 2 atom stereocenters. The summed E-state index contributed by atoms with van der Waals surface area (Å²) in [6.07, 6.45) is 3.58. The van der Waals surface area contributed by atoms with Crippen molar-refractivity contribution in [2.24, 2.45) is 5.92 Å². The summed E-state index contributed by atoms with van der Waals surface area (Å²) in [7, 11) is 0. The molecule has 1 amide bonds. The van der Waals surface area contributed by atoms with Crippen LogP contribution < -0.4 is 10.9 Å². The molecule has 0 bridgehead atoms. The van der Waals surface area contributed by atoms with Gasteiger partial charge in [0.25, 0.3) is 0 Å². The maximum absolute atomic E-state index is 12.8. The van der Waals surface area contributed by atoms with Gasteiger partial charge in [-0.1, -0.05) is 38.1 Å². The highest BCUT2D eigenvalue weighted by atomic mass is 16.2. The van der Waals surface area contributed by atoms with Crippen LogP contribution >= 0.6 is 0 Å². The number of carbonyl (C=O) groups is 1. The maximum Gasteiger partial charge on any atom is 0.241 e. The van der Waals surface area contributed by atoms with Crippen molar-refractivity contribution in [2.75, 3.05) is 26.2 Å². The van der Waals surface area contributed by atoms with E-state index in [9.17, 15) is 4.79 Å². The Morgan fingerprint density at radius 2 is 1.77 bits per heavy atom. The number of benzene rings is 1. The van der Waals surface area contributed by atoms with Crippen molar-refractivity contribution in [3.05, 3.63) is 35.4 Å². The molecule has 0 aromatic heterocycles.